The van der Waals surface area contributed by atoms with Crippen molar-refractivity contribution in [2.45, 2.75) is 65.2 Å². The summed E-state index contributed by atoms with van der Waals surface area (Å²) >= 11 is 0. The van der Waals surface area contributed by atoms with Crippen molar-refractivity contribution in [2.75, 3.05) is 14.2 Å². The molecule has 0 N–H and O–H groups in total. The van der Waals surface area contributed by atoms with Gasteiger partial charge in [0.05, 0.1) is 18.7 Å². The van der Waals surface area contributed by atoms with Crippen molar-refractivity contribution in [3.05, 3.63) is 41.1 Å². The second kappa shape index (κ2) is 9.60. The van der Waals surface area contributed by atoms with Crippen molar-refractivity contribution < 1.29 is 14.3 Å². The van der Waals surface area contributed by atoms with Crippen molar-refractivity contribution >= 4 is 17.5 Å². The zero-order valence-corrected chi connectivity index (χ0v) is 19.9. The van der Waals surface area contributed by atoms with E-state index in [2.05, 4.69) is 26.0 Å². The highest BCUT2D eigenvalue weighted by atomic mass is 16.5. The lowest BCUT2D eigenvalue weighted by molar-refractivity contribution is -0.144. The van der Waals surface area contributed by atoms with E-state index in [9.17, 15) is 9.59 Å². The van der Waals surface area contributed by atoms with Crippen molar-refractivity contribution in [2.24, 2.45) is 28.7 Å². The van der Waals surface area contributed by atoms with E-state index in [1.807, 2.05) is 12.1 Å². The first kappa shape index (κ1) is 22.8. The molecule has 0 bridgehead atoms. The van der Waals surface area contributed by atoms with E-state index in [0.717, 1.165) is 47.6 Å². The number of ether oxygens (including phenoxy) is 1. The average Bonchev–Trinajstić information content (AvgIpc) is 3.14. The largest absolute Gasteiger partial charge is 0.497 e. The van der Waals surface area contributed by atoms with Gasteiger partial charge in [-0.25, -0.2) is 0 Å². The molecule has 5 nitrogen and oxygen atoms in total. The monoisotopic (exact) mass is 436 g/mol. The standard InChI is InChI=1S/C27H36N2O3/c1-17(2)14-22-25-24(27(31)29(3)26(22)30)21(15-19-10-12-20(32-4)13-11-19)23(28-25)16-18-8-6-5-7-9-18/h10-13,17-18,21-22H,5-9,14-16H2,1-4H3. The summed E-state index contributed by atoms with van der Waals surface area (Å²) in [6.45, 7) is 4.25. The summed E-state index contributed by atoms with van der Waals surface area (Å²) in [5, 5.41) is 0. The molecule has 2 atom stereocenters. The Hall–Kier alpha value is -2.43. The van der Waals surface area contributed by atoms with Gasteiger partial charge < -0.3 is 4.74 Å². The molecule has 2 aliphatic heterocycles. The lowest BCUT2D eigenvalue weighted by atomic mass is 9.78. The number of benzene rings is 1. The van der Waals surface area contributed by atoms with Gasteiger partial charge in [0.25, 0.3) is 5.91 Å². The van der Waals surface area contributed by atoms with E-state index >= 15 is 0 Å². The van der Waals surface area contributed by atoms with Crippen LogP contribution in [0.4, 0.5) is 0 Å². The van der Waals surface area contributed by atoms with E-state index in [-0.39, 0.29) is 23.7 Å². The minimum absolute atomic E-state index is 0.0435. The number of hydrogen-bond acceptors (Lipinski definition) is 4. The summed E-state index contributed by atoms with van der Waals surface area (Å²) in [6.07, 6.45) is 8.76. The molecule has 2 amide bonds. The molecule has 0 spiro atoms. The zero-order valence-electron chi connectivity index (χ0n) is 19.9. The van der Waals surface area contributed by atoms with Crippen LogP contribution in [0.3, 0.4) is 0 Å². The van der Waals surface area contributed by atoms with Gasteiger partial charge in [0, 0.05) is 24.3 Å². The number of carbonyl (C=O) groups excluding carboxylic acids is 2. The van der Waals surface area contributed by atoms with Gasteiger partial charge in [0.1, 0.15) is 5.75 Å². The molecule has 0 saturated heterocycles. The average molecular weight is 437 g/mol. The Balaban J connectivity index is 1.70. The van der Waals surface area contributed by atoms with E-state index in [4.69, 9.17) is 9.73 Å². The van der Waals surface area contributed by atoms with Gasteiger partial charge in [-0.3, -0.25) is 19.5 Å². The van der Waals surface area contributed by atoms with Crippen LogP contribution in [-0.2, 0) is 16.0 Å². The second-order valence-corrected chi connectivity index (χ2v) is 10.1. The first-order valence-electron chi connectivity index (χ1n) is 12.1. The molecule has 2 unspecified atom stereocenters. The Labute approximate surface area is 191 Å². The minimum atomic E-state index is -0.310. The molecule has 1 saturated carbocycles. The van der Waals surface area contributed by atoms with Crippen LogP contribution in [0.2, 0.25) is 0 Å². The van der Waals surface area contributed by atoms with Crippen molar-refractivity contribution in [1.82, 2.24) is 4.90 Å². The minimum Gasteiger partial charge on any atom is -0.497 e. The van der Waals surface area contributed by atoms with Crippen molar-refractivity contribution in [3.8, 4) is 5.75 Å². The highest BCUT2D eigenvalue weighted by Gasteiger charge is 2.46. The lowest BCUT2D eigenvalue weighted by Gasteiger charge is -2.31. The van der Waals surface area contributed by atoms with Crippen LogP contribution in [-0.4, -0.2) is 36.6 Å². The number of likely N-dealkylation sites (N-methyl/N-ethyl adjacent to an activating group) is 1. The number of aliphatic imine (C=N–C) groups is 1. The third-order valence-corrected chi connectivity index (χ3v) is 7.31. The summed E-state index contributed by atoms with van der Waals surface area (Å²) in [5.41, 5.74) is 3.80. The SMILES string of the molecule is COc1ccc(CC2C(CC3CCCCC3)=NC3=C2C(=O)N(C)C(=O)C3CC(C)C)cc1. The fourth-order valence-electron chi connectivity index (χ4n) is 5.57. The van der Waals surface area contributed by atoms with Gasteiger partial charge in [-0.05, 0) is 48.8 Å². The van der Waals surface area contributed by atoms with Crippen LogP contribution >= 0.6 is 0 Å². The fraction of sp³-hybridized carbons (Fsp3) is 0.593. The molecule has 1 aliphatic carbocycles. The van der Waals surface area contributed by atoms with E-state index in [0.29, 0.717) is 11.8 Å². The Kier molecular flexibility index (Phi) is 6.82. The van der Waals surface area contributed by atoms with E-state index in [1.54, 1.807) is 14.2 Å². The molecule has 32 heavy (non-hydrogen) atoms. The topological polar surface area (TPSA) is 59.0 Å². The molecule has 0 aromatic heterocycles. The number of hydrogen-bond donors (Lipinski definition) is 0. The molecule has 0 radical (unpaired) electrons. The van der Waals surface area contributed by atoms with E-state index < -0.39 is 0 Å². The Morgan fingerprint density at radius 3 is 2.34 bits per heavy atom. The van der Waals surface area contributed by atoms with Gasteiger partial charge in [0.15, 0.2) is 0 Å². The van der Waals surface area contributed by atoms with Gasteiger partial charge in [0.2, 0.25) is 5.91 Å². The first-order valence-corrected chi connectivity index (χ1v) is 12.1. The number of methoxy groups -OCH3 is 1. The zero-order chi connectivity index (χ0) is 22.8. The van der Waals surface area contributed by atoms with Gasteiger partial charge in [-0.1, -0.05) is 58.1 Å². The van der Waals surface area contributed by atoms with Crippen LogP contribution in [0, 0.1) is 23.7 Å². The van der Waals surface area contributed by atoms with Gasteiger partial charge >= 0.3 is 0 Å². The molecule has 4 rings (SSSR count). The van der Waals surface area contributed by atoms with Crippen LogP contribution in [0.1, 0.15) is 64.4 Å². The highest BCUT2D eigenvalue weighted by Crippen LogP contribution is 2.42. The molecular formula is C27H36N2O3. The summed E-state index contributed by atoms with van der Waals surface area (Å²) in [7, 11) is 3.30. The van der Waals surface area contributed by atoms with Crippen LogP contribution in [0.15, 0.2) is 40.5 Å². The Bertz CT molecular complexity index is 923. The van der Waals surface area contributed by atoms with Crippen LogP contribution in [0.25, 0.3) is 0 Å². The summed E-state index contributed by atoms with van der Waals surface area (Å²) in [4.78, 5) is 32.8. The van der Waals surface area contributed by atoms with Crippen molar-refractivity contribution in [1.29, 1.82) is 0 Å². The normalized spacial score (nSPS) is 24.3. The highest BCUT2D eigenvalue weighted by molar-refractivity contribution is 6.15. The van der Waals surface area contributed by atoms with Crippen LogP contribution < -0.4 is 4.74 Å². The smallest absolute Gasteiger partial charge is 0.258 e. The van der Waals surface area contributed by atoms with Crippen molar-refractivity contribution in [3.63, 3.8) is 0 Å². The fourth-order valence-corrected chi connectivity index (χ4v) is 5.57. The Morgan fingerprint density at radius 2 is 1.72 bits per heavy atom. The molecule has 3 aliphatic rings. The number of nitrogens with zero attached hydrogens (tertiary/aromatic N) is 2. The summed E-state index contributed by atoms with van der Waals surface area (Å²) < 4.78 is 5.31. The predicted octanol–water partition coefficient (Wildman–Crippen LogP) is 5.19. The maximum absolute atomic E-state index is 13.3. The molecule has 1 aromatic carbocycles. The maximum Gasteiger partial charge on any atom is 0.258 e. The maximum atomic E-state index is 13.3. The first-order chi connectivity index (χ1) is 15.4. The number of rotatable bonds is 7. The quantitative estimate of drug-likeness (QED) is 0.553. The number of carbonyl (C=O) groups is 2. The molecule has 1 aromatic rings. The number of amides is 2. The molecule has 172 valence electrons. The van der Waals surface area contributed by atoms with Crippen LogP contribution in [0.5, 0.6) is 5.75 Å². The predicted molar refractivity (Wildman–Crippen MR) is 127 cm³/mol. The van der Waals surface area contributed by atoms with Gasteiger partial charge in [-0.2, -0.15) is 0 Å². The summed E-state index contributed by atoms with van der Waals surface area (Å²) in [5.74, 6) is 1.20. The second-order valence-electron chi connectivity index (χ2n) is 10.1. The molecule has 1 fully saturated rings. The van der Waals surface area contributed by atoms with Gasteiger partial charge in [-0.15, -0.1) is 0 Å². The molecular weight excluding hydrogens is 400 g/mol. The Morgan fingerprint density at radius 1 is 1.03 bits per heavy atom. The van der Waals surface area contributed by atoms with E-state index in [1.165, 1.54) is 37.0 Å². The number of imide groups is 1. The summed E-state index contributed by atoms with van der Waals surface area (Å²) in [6, 6.07) is 8.08. The lowest BCUT2D eigenvalue weighted by Crippen LogP contribution is -2.45. The third kappa shape index (κ3) is 4.53. The third-order valence-electron chi connectivity index (χ3n) is 7.31. The molecule has 2 heterocycles. The molecule has 5 heteroatoms.